The number of aliphatic hydroxyl groups excluding tert-OH is 1. The lowest BCUT2D eigenvalue weighted by Gasteiger charge is -2.29. The number of nitrogens with one attached hydrogen (secondary N) is 1. The van der Waals surface area contributed by atoms with Crippen molar-refractivity contribution >= 4 is 13.7 Å². The second-order valence-electron chi connectivity index (χ2n) is 23.8. The van der Waals surface area contributed by atoms with Crippen LogP contribution in [0.15, 0.2) is 109 Å². The van der Waals surface area contributed by atoms with Crippen LogP contribution in [0.4, 0.5) is 0 Å². The molecule has 0 heterocycles. The van der Waals surface area contributed by atoms with Crippen molar-refractivity contribution in [1.29, 1.82) is 0 Å². The van der Waals surface area contributed by atoms with Gasteiger partial charge in [-0.2, -0.15) is 0 Å². The number of allylic oxidation sites excluding steroid dienone is 17. The van der Waals surface area contributed by atoms with E-state index in [2.05, 4.69) is 116 Å². The molecule has 0 fully saturated rings. The molecule has 2 N–H and O–H groups in total. The molecule has 0 aromatic heterocycles. The Labute approximate surface area is 501 Å². The number of rotatable bonds is 61. The Hall–Kier alpha value is -2.84. The lowest BCUT2D eigenvalue weighted by atomic mass is 10.0. The predicted molar refractivity (Wildman–Crippen MR) is 352 cm³/mol. The van der Waals surface area contributed by atoms with Crippen LogP contribution in [0.5, 0.6) is 0 Å². The quantitative estimate of drug-likeness (QED) is 0.0272. The molecule has 468 valence electrons. The van der Waals surface area contributed by atoms with Crippen molar-refractivity contribution in [3.8, 4) is 0 Å². The highest BCUT2D eigenvalue weighted by Crippen LogP contribution is 2.38. The number of nitrogens with zero attached hydrogens (tertiary/aromatic N) is 1. The molecule has 0 aliphatic heterocycles. The highest BCUT2D eigenvalue weighted by molar-refractivity contribution is 7.45. The maximum Gasteiger partial charge on any atom is 0.268 e. The molecule has 0 aliphatic carbocycles. The first kappa shape index (κ1) is 78.2. The lowest BCUT2D eigenvalue weighted by molar-refractivity contribution is -0.870. The Kier molecular flexibility index (Phi) is 59.5. The summed E-state index contributed by atoms with van der Waals surface area (Å²) in [6.45, 7) is 4.52. The van der Waals surface area contributed by atoms with E-state index in [1.54, 1.807) is 6.08 Å². The monoisotopic (exact) mass is 1150 g/mol. The van der Waals surface area contributed by atoms with E-state index in [1.165, 1.54) is 173 Å². The van der Waals surface area contributed by atoms with E-state index in [-0.39, 0.29) is 12.5 Å². The molecule has 0 spiro atoms. The van der Waals surface area contributed by atoms with E-state index in [9.17, 15) is 19.4 Å². The maximum atomic E-state index is 13.0. The fourth-order valence-corrected chi connectivity index (χ4v) is 10.2. The zero-order valence-corrected chi connectivity index (χ0v) is 54.4. The van der Waals surface area contributed by atoms with Crippen LogP contribution < -0.4 is 10.2 Å². The molecule has 0 radical (unpaired) electrons. The first-order valence-corrected chi connectivity index (χ1v) is 35.2. The summed E-state index contributed by atoms with van der Waals surface area (Å²) in [5.74, 6) is -0.222. The van der Waals surface area contributed by atoms with Gasteiger partial charge in [0.05, 0.1) is 39.9 Å². The number of phosphoric ester groups is 1. The Morgan fingerprint density at radius 3 is 1.15 bits per heavy atom. The summed E-state index contributed by atoms with van der Waals surface area (Å²) in [7, 11) is 1.22. The van der Waals surface area contributed by atoms with Crippen molar-refractivity contribution in [1.82, 2.24) is 5.32 Å². The first-order chi connectivity index (χ1) is 39.5. The number of carbonyl (C=O) groups excluding carboxylic acids is 1. The molecule has 8 nitrogen and oxygen atoms in total. The van der Waals surface area contributed by atoms with Gasteiger partial charge < -0.3 is 28.8 Å². The molecule has 0 aromatic carbocycles. The molecule has 0 saturated carbocycles. The fourth-order valence-electron chi connectivity index (χ4n) is 9.48. The van der Waals surface area contributed by atoms with E-state index >= 15 is 0 Å². The molecular formula is C72H129N2O6P. The van der Waals surface area contributed by atoms with Gasteiger partial charge in [0, 0.05) is 6.42 Å². The molecule has 3 unspecified atom stereocenters. The minimum Gasteiger partial charge on any atom is -0.756 e. The van der Waals surface area contributed by atoms with E-state index in [0.717, 1.165) is 96.3 Å². The largest absolute Gasteiger partial charge is 0.756 e. The second-order valence-corrected chi connectivity index (χ2v) is 25.2. The van der Waals surface area contributed by atoms with Gasteiger partial charge in [-0.05, 0) is 96.3 Å². The molecule has 0 rings (SSSR count). The van der Waals surface area contributed by atoms with Gasteiger partial charge in [-0.3, -0.25) is 9.36 Å². The number of hydrogen-bond donors (Lipinski definition) is 2. The molecule has 9 heteroatoms. The fraction of sp³-hybridized carbons (Fsp3) is 0.736. The van der Waals surface area contributed by atoms with Crippen LogP contribution in [0.3, 0.4) is 0 Å². The number of unbranched alkanes of at least 4 members (excludes halogenated alkanes) is 32. The van der Waals surface area contributed by atoms with Gasteiger partial charge in [0.25, 0.3) is 7.82 Å². The average molecular weight is 1150 g/mol. The Morgan fingerprint density at radius 2 is 0.765 bits per heavy atom. The average Bonchev–Trinajstić information content (AvgIpc) is 3.43. The van der Waals surface area contributed by atoms with Crippen LogP contribution in [0.2, 0.25) is 0 Å². The number of hydrogen-bond acceptors (Lipinski definition) is 6. The predicted octanol–water partition coefficient (Wildman–Crippen LogP) is 20.9. The molecule has 0 aliphatic rings. The summed E-state index contributed by atoms with van der Waals surface area (Å²) in [5.41, 5.74) is 0. The Morgan fingerprint density at radius 1 is 0.444 bits per heavy atom. The number of phosphoric acid groups is 1. The van der Waals surface area contributed by atoms with Crippen molar-refractivity contribution in [2.75, 3.05) is 40.9 Å². The number of aliphatic hydroxyl groups is 1. The first-order valence-electron chi connectivity index (χ1n) is 33.7. The molecule has 3 atom stereocenters. The van der Waals surface area contributed by atoms with Gasteiger partial charge in [0.15, 0.2) is 0 Å². The standard InChI is InChI=1S/C72H129N2O6P/c1-6-8-10-12-14-16-18-20-22-24-26-28-30-32-34-35-36-37-38-40-41-43-45-47-49-51-53-55-57-59-61-63-65-71(75)70(69-80-81(77,78)79-68-67-74(3,4)5)73-72(76)66-64-62-60-58-56-54-52-50-48-46-44-42-39-33-31-29-27-25-23-21-19-17-15-13-11-9-7-2/h9,11,15,17,21,23,27,29,33,39,44,46-47,49,55,57,63,65,70-71,75H,6-8,10,12-14,16,18-20,22,24-26,28,30-32,34-38,40-43,45,48,50-54,56,58-62,64,66-69H2,1-5H3,(H-,73,76,77,78)/b11-9-,17-15-,23-21-,29-27-,39-33-,46-44-,49-47+,57-55+,65-63+. The van der Waals surface area contributed by atoms with E-state index < -0.39 is 26.6 Å². The third-order valence-corrected chi connectivity index (χ3v) is 15.7. The molecule has 0 aromatic rings. The van der Waals surface area contributed by atoms with Crippen LogP contribution in [0, 0.1) is 0 Å². The van der Waals surface area contributed by atoms with Gasteiger partial charge in [-0.1, -0.05) is 297 Å². The van der Waals surface area contributed by atoms with E-state index in [1.807, 2.05) is 27.2 Å². The Balaban J connectivity index is 4.21. The van der Waals surface area contributed by atoms with Crippen molar-refractivity contribution in [3.05, 3.63) is 109 Å². The van der Waals surface area contributed by atoms with Gasteiger partial charge in [-0.25, -0.2) is 0 Å². The van der Waals surface area contributed by atoms with Crippen molar-refractivity contribution in [2.24, 2.45) is 0 Å². The number of quaternary nitrogens is 1. The summed E-state index contributed by atoms with van der Waals surface area (Å²) in [5, 5.41) is 13.9. The SMILES string of the molecule is CC/C=C\C/C=C\C/C=C\C/C=C\C/C=C\C/C=C\CCCCCCCCCCC(=O)NC(COP(=O)([O-])OCC[N+](C)(C)C)C(O)/C=C/CC/C=C/CC/C=C/CCCCCCCCCCCCCCCCCCCCCCCC. The summed E-state index contributed by atoms with van der Waals surface area (Å²) < 4.78 is 23.4. The lowest BCUT2D eigenvalue weighted by Crippen LogP contribution is -2.45. The minimum atomic E-state index is -4.63. The Bertz CT molecular complexity index is 1690. The summed E-state index contributed by atoms with van der Waals surface area (Å²) in [4.78, 5) is 25.6. The van der Waals surface area contributed by atoms with Gasteiger partial charge in [0.1, 0.15) is 13.2 Å². The second kappa shape index (κ2) is 61.7. The van der Waals surface area contributed by atoms with Gasteiger partial charge >= 0.3 is 0 Å². The number of likely N-dealkylation sites (N-methyl/N-ethyl adjacent to an activating group) is 1. The zero-order valence-electron chi connectivity index (χ0n) is 53.5. The molecule has 1 amide bonds. The van der Waals surface area contributed by atoms with Crippen molar-refractivity contribution in [2.45, 2.75) is 302 Å². The summed E-state index contributed by atoms with van der Waals surface area (Å²) >= 11 is 0. The van der Waals surface area contributed by atoms with Gasteiger partial charge in [-0.15, -0.1) is 0 Å². The molecule has 0 saturated heterocycles. The van der Waals surface area contributed by atoms with Crippen LogP contribution in [0.25, 0.3) is 0 Å². The topological polar surface area (TPSA) is 108 Å². The van der Waals surface area contributed by atoms with Crippen LogP contribution in [-0.2, 0) is 18.4 Å². The molecular weight excluding hydrogens is 1020 g/mol. The third-order valence-electron chi connectivity index (χ3n) is 14.7. The van der Waals surface area contributed by atoms with Crippen molar-refractivity contribution < 1.29 is 32.9 Å². The van der Waals surface area contributed by atoms with E-state index in [4.69, 9.17) is 9.05 Å². The molecule has 81 heavy (non-hydrogen) atoms. The highest BCUT2D eigenvalue weighted by atomic mass is 31.2. The van der Waals surface area contributed by atoms with Crippen LogP contribution in [-0.4, -0.2) is 68.5 Å². The van der Waals surface area contributed by atoms with Gasteiger partial charge in [0.2, 0.25) is 5.91 Å². The third kappa shape index (κ3) is 64.6. The van der Waals surface area contributed by atoms with Crippen molar-refractivity contribution in [3.63, 3.8) is 0 Å². The smallest absolute Gasteiger partial charge is 0.268 e. The maximum absolute atomic E-state index is 13.0. The minimum absolute atomic E-state index is 0.0163. The highest BCUT2D eigenvalue weighted by Gasteiger charge is 2.23. The summed E-state index contributed by atoms with van der Waals surface area (Å²) in [6.07, 6.45) is 90.6. The number of carbonyl (C=O) groups is 1. The molecule has 0 bridgehead atoms. The number of amides is 1. The summed E-state index contributed by atoms with van der Waals surface area (Å²) in [6, 6.07) is -0.924. The van der Waals surface area contributed by atoms with Crippen LogP contribution in [0.1, 0.15) is 290 Å². The van der Waals surface area contributed by atoms with Crippen LogP contribution >= 0.6 is 7.82 Å². The zero-order chi connectivity index (χ0) is 59.1. The van der Waals surface area contributed by atoms with E-state index in [0.29, 0.717) is 17.4 Å². The normalized spacial score (nSPS) is 14.4.